The predicted molar refractivity (Wildman–Crippen MR) is 54.2 cm³/mol. The van der Waals surface area contributed by atoms with E-state index in [4.69, 9.17) is 21.2 Å². The van der Waals surface area contributed by atoms with Crippen LogP contribution in [0, 0.1) is 11.3 Å². The summed E-state index contributed by atoms with van der Waals surface area (Å²) >= 11 is 0. The number of carbonyl (C=O) groups is 1. The first kappa shape index (κ1) is 12.0. The number of carboxylic acids is 1. The third kappa shape index (κ3) is 2.28. The average molecular weight is 222 g/mol. The SMILES string of the molecule is N#Cc1ccc(N)cc1C(O)C(O)C(=O)O. The van der Waals surface area contributed by atoms with Gasteiger partial charge < -0.3 is 21.1 Å². The first-order valence-corrected chi connectivity index (χ1v) is 4.36. The summed E-state index contributed by atoms with van der Waals surface area (Å²) in [5, 5.41) is 36.0. The summed E-state index contributed by atoms with van der Waals surface area (Å²) in [7, 11) is 0. The maximum absolute atomic E-state index is 10.5. The van der Waals surface area contributed by atoms with Crippen molar-refractivity contribution in [1.29, 1.82) is 5.26 Å². The molecule has 0 amide bonds. The minimum atomic E-state index is -1.99. The molecule has 1 rings (SSSR count). The van der Waals surface area contributed by atoms with Gasteiger partial charge in [-0.05, 0) is 18.2 Å². The summed E-state index contributed by atoms with van der Waals surface area (Å²) < 4.78 is 0. The van der Waals surface area contributed by atoms with E-state index in [1.54, 1.807) is 6.07 Å². The number of nitrogens with zero attached hydrogens (tertiary/aromatic N) is 1. The Labute approximate surface area is 91.2 Å². The zero-order valence-electron chi connectivity index (χ0n) is 8.16. The molecule has 5 N–H and O–H groups in total. The Hall–Kier alpha value is -2.10. The van der Waals surface area contributed by atoms with Crippen molar-refractivity contribution in [2.24, 2.45) is 0 Å². The fourth-order valence-corrected chi connectivity index (χ4v) is 1.23. The van der Waals surface area contributed by atoms with Gasteiger partial charge in [-0.3, -0.25) is 0 Å². The second kappa shape index (κ2) is 4.61. The van der Waals surface area contributed by atoms with Gasteiger partial charge in [0.15, 0.2) is 6.10 Å². The summed E-state index contributed by atoms with van der Waals surface area (Å²) in [5.41, 5.74) is 5.78. The Morgan fingerprint density at radius 2 is 2.06 bits per heavy atom. The number of anilines is 1. The molecule has 0 bridgehead atoms. The largest absolute Gasteiger partial charge is 0.479 e. The van der Waals surface area contributed by atoms with E-state index >= 15 is 0 Å². The summed E-state index contributed by atoms with van der Waals surface area (Å²) in [5.74, 6) is -1.57. The van der Waals surface area contributed by atoms with Crippen LogP contribution in [-0.4, -0.2) is 27.4 Å². The van der Waals surface area contributed by atoms with Crippen molar-refractivity contribution in [1.82, 2.24) is 0 Å². The molecule has 84 valence electrons. The van der Waals surface area contributed by atoms with E-state index in [-0.39, 0.29) is 16.8 Å². The number of nitrogens with two attached hydrogens (primary N) is 1. The molecule has 0 saturated heterocycles. The molecule has 6 nitrogen and oxygen atoms in total. The zero-order chi connectivity index (χ0) is 12.3. The summed E-state index contributed by atoms with van der Waals surface area (Å²) in [6, 6.07) is 5.83. The quantitative estimate of drug-likeness (QED) is 0.516. The molecule has 0 aromatic heterocycles. The Balaban J connectivity index is 3.17. The molecule has 0 spiro atoms. The van der Waals surface area contributed by atoms with E-state index < -0.39 is 18.2 Å². The molecule has 0 aliphatic heterocycles. The van der Waals surface area contributed by atoms with Crippen molar-refractivity contribution in [3.8, 4) is 6.07 Å². The molecule has 1 aromatic carbocycles. The molecule has 2 unspecified atom stereocenters. The van der Waals surface area contributed by atoms with Gasteiger partial charge >= 0.3 is 5.97 Å². The molecular formula is C10H10N2O4. The van der Waals surface area contributed by atoms with Crippen molar-refractivity contribution in [2.45, 2.75) is 12.2 Å². The fourth-order valence-electron chi connectivity index (χ4n) is 1.23. The summed E-state index contributed by atoms with van der Waals surface area (Å²) in [6.07, 6.45) is -3.68. The van der Waals surface area contributed by atoms with Crippen LogP contribution in [0.1, 0.15) is 17.2 Å². The molecule has 1 aromatic rings. The number of hydrogen-bond donors (Lipinski definition) is 4. The third-order valence-electron chi connectivity index (χ3n) is 2.07. The third-order valence-corrected chi connectivity index (χ3v) is 2.07. The molecule has 2 atom stereocenters. The smallest absolute Gasteiger partial charge is 0.335 e. The van der Waals surface area contributed by atoms with Crippen molar-refractivity contribution < 1.29 is 20.1 Å². The number of nitriles is 1. The van der Waals surface area contributed by atoms with Gasteiger partial charge in [0.1, 0.15) is 6.10 Å². The van der Waals surface area contributed by atoms with E-state index in [1.807, 2.05) is 0 Å². The second-order valence-corrected chi connectivity index (χ2v) is 3.19. The highest BCUT2D eigenvalue weighted by Crippen LogP contribution is 2.23. The lowest BCUT2D eigenvalue weighted by Gasteiger charge is -2.15. The number of hydrogen-bond acceptors (Lipinski definition) is 5. The lowest BCUT2D eigenvalue weighted by molar-refractivity contribution is -0.153. The van der Waals surface area contributed by atoms with E-state index in [1.165, 1.54) is 18.2 Å². The highest BCUT2D eigenvalue weighted by molar-refractivity contribution is 5.73. The van der Waals surface area contributed by atoms with Crippen LogP contribution in [0.3, 0.4) is 0 Å². The van der Waals surface area contributed by atoms with E-state index in [9.17, 15) is 9.90 Å². The van der Waals surface area contributed by atoms with Crippen LogP contribution in [0.15, 0.2) is 18.2 Å². The van der Waals surface area contributed by atoms with Gasteiger partial charge in [-0.2, -0.15) is 5.26 Å². The molecule has 6 heteroatoms. The van der Waals surface area contributed by atoms with Crippen LogP contribution in [0.2, 0.25) is 0 Å². The highest BCUT2D eigenvalue weighted by atomic mass is 16.4. The average Bonchev–Trinajstić information content (AvgIpc) is 2.26. The topological polar surface area (TPSA) is 128 Å². The second-order valence-electron chi connectivity index (χ2n) is 3.19. The van der Waals surface area contributed by atoms with Gasteiger partial charge in [-0.1, -0.05) is 0 Å². The molecule has 0 aliphatic carbocycles. The molecule has 0 fully saturated rings. The van der Waals surface area contributed by atoms with Crippen molar-refractivity contribution >= 4 is 11.7 Å². The van der Waals surface area contributed by atoms with Crippen molar-refractivity contribution in [2.75, 3.05) is 5.73 Å². The standard InChI is InChI=1S/C10H10N2O4/c11-4-5-1-2-6(12)3-7(5)8(13)9(14)10(15)16/h1-3,8-9,13-14H,12H2,(H,15,16). The van der Waals surface area contributed by atoms with Crippen LogP contribution < -0.4 is 5.73 Å². The fraction of sp³-hybridized carbons (Fsp3) is 0.200. The Kier molecular flexibility index (Phi) is 3.45. The first-order chi connectivity index (χ1) is 7.47. The number of rotatable bonds is 3. The van der Waals surface area contributed by atoms with E-state index in [0.29, 0.717) is 0 Å². The molecule has 0 radical (unpaired) electrons. The number of aliphatic hydroxyl groups is 2. The Morgan fingerprint density at radius 3 is 2.56 bits per heavy atom. The lowest BCUT2D eigenvalue weighted by atomic mass is 9.98. The van der Waals surface area contributed by atoms with Crippen molar-refractivity contribution in [3.05, 3.63) is 29.3 Å². The molecule has 0 heterocycles. The Morgan fingerprint density at radius 1 is 1.44 bits per heavy atom. The van der Waals surface area contributed by atoms with Crippen molar-refractivity contribution in [3.63, 3.8) is 0 Å². The van der Waals surface area contributed by atoms with Gasteiger partial charge in [0.2, 0.25) is 0 Å². The zero-order valence-corrected chi connectivity index (χ0v) is 8.16. The monoisotopic (exact) mass is 222 g/mol. The minimum Gasteiger partial charge on any atom is -0.479 e. The van der Waals surface area contributed by atoms with Crippen LogP contribution in [0.5, 0.6) is 0 Å². The van der Waals surface area contributed by atoms with Gasteiger partial charge in [0.05, 0.1) is 11.6 Å². The number of carboxylic acid groups (broad SMARTS) is 1. The summed E-state index contributed by atoms with van der Waals surface area (Å²) in [4.78, 5) is 10.5. The number of aliphatic carboxylic acids is 1. The number of nitrogen functional groups attached to an aromatic ring is 1. The van der Waals surface area contributed by atoms with Crippen LogP contribution in [0.4, 0.5) is 5.69 Å². The lowest BCUT2D eigenvalue weighted by Crippen LogP contribution is -2.28. The van der Waals surface area contributed by atoms with Gasteiger partial charge in [0.25, 0.3) is 0 Å². The maximum Gasteiger partial charge on any atom is 0.335 e. The first-order valence-electron chi connectivity index (χ1n) is 4.36. The molecule has 16 heavy (non-hydrogen) atoms. The maximum atomic E-state index is 10.5. The van der Waals surface area contributed by atoms with Gasteiger partial charge in [0, 0.05) is 11.3 Å². The molecule has 0 saturated carbocycles. The molecular weight excluding hydrogens is 212 g/mol. The summed E-state index contributed by atoms with van der Waals surface area (Å²) in [6.45, 7) is 0. The van der Waals surface area contributed by atoms with E-state index in [2.05, 4.69) is 0 Å². The van der Waals surface area contributed by atoms with Crippen LogP contribution in [-0.2, 0) is 4.79 Å². The van der Waals surface area contributed by atoms with Crippen LogP contribution in [0.25, 0.3) is 0 Å². The Bertz CT molecular complexity index is 453. The van der Waals surface area contributed by atoms with Gasteiger partial charge in [-0.25, -0.2) is 4.79 Å². The van der Waals surface area contributed by atoms with E-state index in [0.717, 1.165) is 0 Å². The number of aliphatic hydroxyl groups excluding tert-OH is 2. The van der Waals surface area contributed by atoms with Gasteiger partial charge in [-0.15, -0.1) is 0 Å². The number of benzene rings is 1. The predicted octanol–water partition coefficient (Wildman–Crippen LogP) is -0.381. The molecule has 0 aliphatic rings. The highest BCUT2D eigenvalue weighted by Gasteiger charge is 2.27. The normalized spacial score (nSPS) is 13.8. The minimum absolute atomic E-state index is 0.00241. The van der Waals surface area contributed by atoms with Crippen LogP contribution >= 0.6 is 0 Å².